The molecule has 1 atom stereocenters. The van der Waals surface area contributed by atoms with E-state index in [1.54, 1.807) is 32.2 Å². The zero-order chi connectivity index (χ0) is 14.5. The first-order chi connectivity index (χ1) is 9.63. The molecule has 1 N–H and O–H groups in total. The largest absolute Gasteiger partial charge is 0.497 e. The summed E-state index contributed by atoms with van der Waals surface area (Å²) in [5.74, 6) is 2.17. The van der Waals surface area contributed by atoms with Crippen molar-refractivity contribution >= 4 is 0 Å². The first-order valence-corrected chi connectivity index (χ1v) is 6.44. The first-order valence-electron chi connectivity index (χ1n) is 6.44. The maximum Gasteiger partial charge on any atom is 0.253 e. The van der Waals surface area contributed by atoms with Crippen molar-refractivity contribution in [2.45, 2.75) is 33.0 Å². The number of aryl methyl sites for hydroxylation is 1. The number of aliphatic hydroxyl groups excluding tert-OH is 1. The van der Waals surface area contributed by atoms with E-state index < -0.39 is 6.10 Å². The molecule has 0 aliphatic rings. The normalized spacial score (nSPS) is 12.2. The number of hydrogen-bond donors (Lipinski definition) is 1. The van der Waals surface area contributed by atoms with Gasteiger partial charge in [-0.15, -0.1) is 10.2 Å². The lowest BCUT2D eigenvalue weighted by atomic mass is 10.1. The second-order valence-corrected chi connectivity index (χ2v) is 4.31. The Morgan fingerprint density at radius 2 is 2.05 bits per heavy atom. The second-order valence-electron chi connectivity index (χ2n) is 4.31. The van der Waals surface area contributed by atoms with Gasteiger partial charge in [-0.3, -0.25) is 0 Å². The molecular weight excluding hydrogens is 260 g/mol. The van der Waals surface area contributed by atoms with E-state index in [0.717, 1.165) is 0 Å². The minimum atomic E-state index is -0.634. The molecule has 2 aromatic rings. The van der Waals surface area contributed by atoms with Gasteiger partial charge < -0.3 is 19.0 Å². The SMILES string of the molecule is CCc1nnc(COc2cc(OC)ccc2C(C)O)o1. The Labute approximate surface area is 117 Å². The van der Waals surface area contributed by atoms with Crippen molar-refractivity contribution in [2.75, 3.05) is 7.11 Å². The van der Waals surface area contributed by atoms with Crippen LogP contribution >= 0.6 is 0 Å². The molecule has 6 nitrogen and oxygen atoms in total. The van der Waals surface area contributed by atoms with Crippen molar-refractivity contribution in [3.8, 4) is 11.5 Å². The van der Waals surface area contributed by atoms with Gasteiger partial charge in [0.2, 0.25) is 5.89 Å². The van der Waals surface area contributed by atoms with Gasteiger partial charge in [0.05, 0.1) is 13.2 Å². The van der Waals surface area contributed by atoms with Gasteiger partial charge in [0, 0.05) is 18.1 Å². The van der Waals surface area contributed by atoms with Crippen molar-refractivity contribution < 1.29 is 19.0 Å². The number of benzene rings is 1. The predicted molar refractivity (Wildman–Crippen MR) is 71.6 cm³/mol. The van der Waals surface area contributed by atoms with Crippen molar-refractivity contribution in [2.24, 2.45) is 0 Å². The van der Waals surface area contributed by atoms with Gasteiger partial charge in [0.1, 0.15) is 11.5 Å². The maximum atomic E-state index is 9.74. The Hall–Kier alpha value is -2.08. The minimum absolute atomic E-state index is 0.153. The molecule has 0 saturated heterocycles. The summed E-state index contributed by atoms with van der Waals surface area (Å²) in [4.78, 5) is 0. The molecule has 6 heteroatoms. The summed E-state index contributed by atoms with van der Waals surface area (Å²) in [5.41, 5.74) is 0.682. The van der Waals surface area contributed by atoms with E-state index in [2.05, 4.69) is 10.2 Å². The summed E-state index contributed by atoms with van der Waals surface area (Å²) < 4.78 is 16.2. The first kappa shape index (κ1) is 14.3. The van der Waals surface area contributed by atoms with E-state index in [4.69, 9.17) is 13.9 Å². The lowest BCUT2D eigenvalue weighted by molar-refractivity contribution is 0.186. The molecule has 0 spiro atoms. The molecule has 20 heavy (non-hydrogen) atoms. The number of nitrogens with zero attached hydrogens (tertiary/aromatic N) is 2. The summed E-state index contributed by atoms with van der Waals surface area (Å²) in [5, 5.41) is 17.5. The van der Waals surface area contributed by atoms with Crippen molar-refractivity contribution in [3.63, 3.8) is 0 Å². The van der Waals surface area contributed by atoms with Crippen LogP contribution in [0, 0.1) is 0 Å². The zero-order valence-corrected chi connectivity index (χ0v) is 11.8. The van der Waals surface area contributed by atoms with Crippen molar-refractivity contribution in [1.82, 2.24) is 10.2 Å². The minimum Gasteiger partial charge on any atom is -0.497 e. The number of ether oxygens (including phenoxy) is 2. The maximum absolute atomic E-state index is 9.74. The zero-order valence-electron chi connectivity index (χ0n) is 11.8. The molecule has 1 aromatic heterocycles. The lowest BCUT2D eigenvalue weighted by Gasteiger charge is -2.13. The van der Waals surface area contributed by atoms with E-state index in [1.807, 2.05) is 6.92 Å². The van der Waals surface area contributed by atoms with Crippen LogP contribution < -0.4 is 9.47 Å². The van der Waals surface area contributed by atoms with Gasteiger partial charge in [-0.1, -0.05) is 6.92 Å². The van der Waals surface area contributed by atoms with Crippen LogP contribution in [0.1, 0.15) is 37.3 Å². The molecule has 0 aliphatic carbocycles. The second kappa shape index (κ2) is 6.38. The van der Waals surface area contributed by atoms with Gasteiger partial charge in [0.15, 0.2) is 6.61 Å². The van der Waals surface area contributed by atoms with Crippen LogP contribution in [-0.4, -0.2) is 22.4 Å². The quantitative estimate of drug-likeness (QED) is 0.873. The van der Waals surface area contributed by atoms with E-state index in [9.17, 15) is 5.11 Å². The van der Waals surface area contributed by atoms with Gasteiger partial charge >= 0.3 is 0 Å². The molecule has 1 unspecified atom stereocenters. The monoisotopic (exact) mass is 278 g/mol. The molecule has 0 amide bonds. The summed E-state index contributed by atoms with van der Waals surface area (Å²) in [6.07, 6.45) is 0.0511. The Morgan fingerprint density at radius 1 is 1.30 bits per heavy atom. The fraction of sp³-hybridized carbons (Fsp3) is 0.429. The predicted octanol–water partition coefficient (Wildman–Crippen LogP) is 2.27. The van der Waals surface area contributed by atoms with E-state index in [1.165, 1.54) is 0 Å². The molecule has 0 radical (unpaired) electrons. The third-order valence-corrected chi connectivity index (χ3v) is 2.83. The van der Waals surface area contributed by atoms with E-state index in [-0.39, 0.29) is 6.61 Å². The third-order valence-electron chi connectivity index (χ3n) is 2.83. The standard InChI is InChI=1S/C14H18N2O4/c1-4-13-15-16-14(20-13)8-19-12-7-10(18-3)5-6-11(12)9(2)17/h5-7,9,17H,4,8H2,1-3H3. The van der Waals surface area contributed by atoms with Crippen molar-refractivity contribution in [1.29, 1.82) is 0 Å². The number of methoxy groups -OCH3 is 1. The van der Waals surface area contributed by atoms with Crippen LogP contribution in [0.25, 0.3) is 0 Å². The molecule has 0 fully saturated rings. The van der Waals surface area contributed by atoms with Gasteiger partial charge in [-0.25, -0.2) is 0 Å². The molecule has 2 rings (SSSR count). The fourth-order valence-electron chi connectivity index (χ4n) is 1.74. The Balaban J connectivity index is 2.14. The van der Waals surface area contributed by atoms with E-state index >= 15 is 0 Å². The topological polar surface area (TPSA) is 77.6 Å². The van der Waals surface area contributed by atoms with Crippen LogP contribution in [0.4, 0.5) is 0 Å². The molecule has 1 aromatic carbocycles. The highest BCUT2D eigenvalue weighted by molar-refractivity contribution is 5.41. The average molecular weight is 278 g/mol. The van der Waals surface area contributed by atoms with Crippen LogP contribution in [0.15, 0.2) is 22.6 Å². The molecule has 0 aliphatic heterocycles. The number of aliphatic hydroxyl groups is 1. The van der Waals surface area contributed by atoms with Gasteiger partial charge in [0.25, 0.3) is 5.89 Å². The molecule has 1 heterocycles. The van der Waals surface area contributed by atoms with Gasteiger partial charge in [-0.2, -0.15) is 0 Å². The third kappa shape index (κ3) is 3.27. The lowest BCUT2D eigenvalue weighted by Crippen LogP contribution is -2.02. The number of aromatic nitrogens is 2. The van der Waals surface area contributed by atoms with Crippen LogP contribution in [0.2, 0.25) is 0 Å². The Morgan fingerprint density at radius 3 is 2.65 bits per heavy atom. The number of hydrogen-bond acceptors (Lipinski definition) is 6. The highest BCUT2D eigenvalue weighted by Crippen LogP contribution is 2.30. The molecule has 108 valence electrons. The fourth-order valence-corrected chi connectivity index (χ4v) is 1.74. The Bertz CT molecular complexity index is 566. The summed E-state index contributed by atoms with van der Waals surface area (Å²) >= 11 is 0. The highest BCUT2D eigenvalue weighted by Gasteiger charge is 2.12. The summed E-state index contributed by atoms with van der Waals surface area (Å²) in [6, 6.07) is 5.26. The summed E-state index contributed by atoms with van der Waals surface area (Å²) in [7, 11) is 1.58. The van der Waals surface area contributed by atoms with Crippen LogP contribution in [-0.2, 0) is 13.0 Å². The highest BCUT2D eigenvalue weighted by atomic mass is 16.5. The van der Waals surface area contributed by atoms with Crippen LogP contribution in [0.5, 0.6) is 11.5 Å². The van der Waals surface area contributed by atoms with Crippen molar-refractivity contribution in [3.05, 3.63) is 35.5 Å². The van der Waals surface area contributed by atoms with Gasteiger partial charge in [-0.05, 0) is 19.1 Å². The summed E-state index contributed by atoms with van der Waals surface area (Å²) in [6.45, 7) is 3.77. The molecule has 0 saturated carbocycles. The smallest absolute Gasteiger partial charge is 0.253 e. The van der Waals surface area contributed by atoms with E-state index in [0.29, 0.717) is 35.3 Å². The Kier molecular flexibility index (Phi) is 4.57. The van der Waals surface area contributed by atoms with Crippen LogP contribution in [0.3, 0.4) is 0 Å². The number of rotatable bonds is 6. The molecule has 0 bridgehead atoms. The average Bonchev–Trinajstić information content (AvgIpc) is 2.92. The molecular formula is C14H18N2O4.